The molecule has 1 aliphatic rings. The van der Waals surface area contributed by atoms with Gasteiger partial charge in [0.2, 0.25) is 0 Å². The monoisotopic (exact) mass is 424 g/mol. The number of hydrogen-bond acceptors (Lipinski definition) is 5. The molecule has 29 heavy (non-hydrogen) atoms. The van der Waals surface area contributed by atoms with Crippen LogP contribution >= 0.6 is 11.3 Å². The van der Waals surface area contributed by atoms with E-state index in [0.717, 1.165) is 31.7 Å². The van der Waals surface area contributed by atoms with Crippen molar-refractivity contribution in [3.63, 3.8) is 0 Å². The van der Waals surface area contributed by atoms with E-state index in [1.807, 2.05) is 19.9 Å². The van der Waals surface area contributed by atoms with Crippen LogP contribution < -0.4 is 5.32 Å². The Hall–Kier alpha value is -2.13. The Kier molecular flexibility index (Phi) is 5.06. The summed E-state index contributed by atoms with van der Waals surface area (Å²) in [6.45, 7) is 3.71. The third-order valence-corrected chi connectivity index (χ3v) is 6.73. The van der Waals surface area contributed by atoms with Gasteiger partial charge in [-0.2, -0.15) is 13.2 Å². The van der Waals surface area contributed by atoms with Crippen molar-refractivity contribution in [1.29, 1.82) is 0 Å². The molecule has 0 amide bonds. The second kappa shape index (κ2) is 7.28. The highest BCUT2D eigenvalue weighted by atomic mass is 32.1. The van der Waals surface area contributed by atoms with Crippen molar-refractivity contribution in [3.8, 4) is 10.6 Å². The van der Waals surface area contributed by atoms with Gasteiger partial charge in [-0.15, -0.1) is 16.4 Å². The summed E-state index contributed by atoms with van der Waals surface area (Å²) in [7, 11) is 0. The van der Waals surface area contributed by atoms with E-state index in [1.165, 1.54) is 6.07 Å². The summed E-state index contributed by atoms with van der Waals surface area (Å²) in [5.41, 5.74) is 0.456. The lowest BCUT2D eigenvalue weighted by Gasteiger charge is -2.36. The van der Waals surface area contributed by atoms with E-state index < -0.39 is 16.7 Å². The molecule has 0 aliphatic heterocycles. The fourth-order valence-electron chi connectivity index (χ4n) is 3.90. The molecule has 1 saturated carbocycles. The number of anilines is 1. The minimum atomic E-state index is -4.36. The second-order valence-corrected chi connectivity index (χ2v) is 9.22. The number of nitrogens with one attached hydrogen (secondary N) is 1. The smallest absolute Gasteiger partial charge is 0.390 e. The third-order valence-electron chi connectivity index (χ3n) is 5.58. The van der Waals surface area contributed by atoms with Crippen LogP contribution in [0.4, 0.5) is 19.0 Å². The number of alkyl halides is 3. The fraction of sp³-hybridized carbons (Fsp3) is 0.500. The molecule has 0 saturated heterocycles. The molecule has 0 spiro atoms. The topological polar surface area (TPSA) is 62.5 Å². The lowest BCUT2D eigenvalue weighted by atomic mass is 9.77. The first kappa shape index (κ1) is 20.2. The Morgan fingerprint density at radius 1 is 1.10 bits per heavy atom. The highest BCUT2D eigenvalue weighted by Gasteiger charge is 2.33. The molecule has 9 heteroatoms. The summed E-state index contributed by atoms with van der Waals surface area (Å²) in [6, 6.07) is 6.44. The summed E-state index contributed by atoms with van der Waals surface area (Å²) in [6.07, 6.45) is 0.943. The highest BCUT2D eigenvalue weighted by Crippen LogP contribution is 2.38. The van der Waals surface area contributed by atoms with Gasteiger partial charge in [0.05, 0.1) is 16.7 Å². The van der Waals surface area contributed by atoms with Crippen LogP contribution in [0.2, 0.25) is 0 Å². The third kappa shape index (κ3) is 4.25. The maximum absolute atomic E-state index is 12.9. The maximum Gasteiger partial charge on any atom is 0.425 e. The standard InChI is InChI=1S/C20H23F3N4OS/c1-19(2,28)12-3-5-13(6-4-12)25-17-9-10-18-24-11-14(27(18)26-17)15-7-8-16(29-15)20(21,22)23/h7-13,28H,3-6H2,1-2H3,(H,25,26)/t12-,13-. The molecular formula is C20H23F3N4OS. The zero-order chi connectivity index (χ0) is 20.8. The Labute approximate surface area is 170 Å². The van der Waals surface area contributed by atoms with Crippen molar-refractivity contribution in [2.75, 3.05) is 5.32 Å². The van der Waals surface area contributed by atoms with Gasteiger partial charge in [0, 0.05) is 6.04 Å². The highest BCUT2D eigenvalue weighted by molar-refractivity contribution is 7.15. The Morgan fingerprint density at radius 2 is 1.83 bits per heavy atom. The summed E-state index contributed by atoms with van der Waals surface area (Å²) in [5.74, 6) is 0.953. The quantitative estimate of drug-likeness (QED) is 0.603. The molecule has 5 nitrogen and oxygen atoms in total. The largest absolute Gasteiger partial charge is 0.425 e. The Bertz CT molecular complexity index is 997. The molecule has 0 radical (unpaired) electrons. The first-order valence-electron chi connectivity index (χ1n) is 9.62. The van der Waals surface area contributed by atoms with E-state index in [0.29, 0.717) is 33.4 Å². The van der Waals surface area contributed by atoms with Gasteiger partial charge in [0.15, 0.2) is 5.65 Å². The number of thiophene rings is 1. The van der Waals surface area contributed by atoms with Crippen LogP contribution in [0.5, 0.6) is 0 Å². The zero-order valence-electron chi connectivity index (χ0n) is 16.2. The first-order chi connectivity index (χ1) is 13.6. The second-order valence-electron chi connectivity index (χ2n) is 8.14. The van der Waals surface area contributed by atoms with Crippen LogP contribution in [0.15, 0.2) is 30.5 Å². The molecule has 3 heterocycles. The molecule has 2 N–H and O–H groups in total. The van der Waals surface area contributed by atoms with Crippen LogP contribution in [-0.2, 0) is 6.18 Å². The summed E-state index contributed by atoms with van der Waals surface area (Å²) in [5, 5.41) is 18.2. The molecule has 1 fully saturated rings. The molecule has 4 rings (SSSR count). The number of hydrogen-bond donors (Lipinski definition) is 2. The molecule has 0 aromatic carbocycles. The van der Waals surface area contributed by atoms with Crippen molar-refractivity contribution in [2.45, 2.75) is 57.3 Å². The number of halogens is 3. The molecule has 0 bridgehead atoms. The lowest BCUT2D eigenvalue weighted by molar-refractivity contribution is -0.134. The molecular weight excluding hydrogens is 401 g/mol. The summed E-state index contributed by atoms with van der Waals surface area (Å²) in [4.78, 5) is 4.10. The van der Waals surface area contributed by atoms with E-state index in [9.17, 15) is 18.3 Å². The normalized spacial score (nSPS) is 20.9. The summed E-state index contributed by atoms with van der Waals surface area (Å²) >= 11 is 0.686. The number of fused-ring (bicyclic) bond motifs is 1. The number of nitrogens with zero attached hydrogens (tertiary/aromatic N) is 3. The van der Waals surface area contributed by atoms with Gasteiger partial charge in [-0.05, 0) is 69.7 Å². The van der Waals surface area contributed by atoms with Gasteiger partial charge in [0.1, 0.15) is 16.4 Å². The van der Waals surface area contributed by atoms with E-state index in [4.69, 9.17) is 0 Å². The Morgan fingerprint density at radius 3 is 2.45 bits per heavy atom. The van der Waals surface area contributed by atoms with Crippen LogP contribution in [0, 0.1) is 5.92 Å². The zero-order valence-corrected chi connectivity index (χ0v) is 17.0. The number of rotatable bonds is 4. The van der Waals surface area contributed by atoms with Crippen LogP contribution in [0.25, 0.3) is 16.2 Å². The molecule has 0 atom stereocenters. The molecule has 3 aromatic heterocycles. The molecule has 1 aliphatic carbocycles. The van der Waals surface area contributed by atoms with E-state index in [-0.39, 0.29) is 12.0 Å². The van der Waals surface area contributed by atoms with Crippen molar-refractivity contribution in [2.24, 2.45) is 5.92 Å². The molecule has 156 valence electrons. The predicted octanol–water partition coefficient (Wildman–Crippen LogP) is 5.22. The van der Waals surface area contributed by atoms with Crippen molar-refractivity contribution >= 4 is 22.8 Å². The SMILES string of the molecule is CC(C)(O)[C@H]1CC[C@H](Nc2ccc3ncc(-c4ccc(C(F)(F)F)s4)n3n2)CC1. The van der Waals surface area contributed by atoms with Gasteiger partial charge in [-0.25, -0.2) is 9.50 Å². The van der Waals surface area contributed by atoms with Crippen molar-refractivity contribution in [1.82, 2.24) is 14.6 Å². The van der Waals surface area contributed by atoms with Gasteiger partial charge in [0.25, 0.3) is 0 Å². The Balaban J connectivity index is 1.53. The number of aromatic nitrogens is 3. The van der Waals surface area contributed by atoms with Crippen molar-refractivity contribution in [3.05, 3.63) is 35.3 Å². The van der Waals surface area contributed by atoms with Crippen molar-refractivity contribution < 1.29 is 18.3 Å². The minimum Gasteiger partial charge on any atom is -0.390 e. The number of imidazole rings is 1. The van der Waals surface area contributed by atoms with Crippen LogP contribution in [-0.4, -0.2) is 31.3 Å². The van der Waals surface area contributed by atoms with Gasteiger partial charge >= 0.3 is 6.18 Å². The minimum absolute atomic E-state index is 0.254. The summed E-state index contributed by atoms with van der Waals surface area (Å²) < 4.78 is 40.4. The lowest BCUT2D eigenvalue weighted by Crippen LogP contribution is -2.37. The average molecular weight is 424 g/mol. The fourth-order valence-corrected chi connectivity index (χ4v) is 4.77. The van der Waals surface area contributed by atoms with E-state index >= 15 is 0 Å². The van der Waals surface area contributed by atoms with E-state index in [2.05, 4.69) is 15.4 Å². The van der Waals surface area contributed by atoms with Crippen LogP contribution in [0.1, 0.15) is 44.4 Å². The molecule has 0 unspecified atom stereocenters. The average Bonchev–Trinajstić information content (AvgIpc) is 3.27. The van der Waals surface area contributed by atoms with E-state index in [1.54, 1.807) is 16.8 Å². The van der Waals surface area contributed by atoms with Gasteiger partial charge < -0.3 is 10.4 Å². The van der Waals surface area contributed by atoms with Gasteiger partial charge in [-0.3, -0.25) is 0 Å². The molecule has 3 aromatic rings. The van der Waals surface area contributed by atoms with Gasteiger partial charge in [-0.1, -0.05) is 0 Å². The van der Waals surface area contributed by atoms with Crippen LogP contribution in [0.3, 0.4) is 0 Å². The number of aliphatic hydroxyl groups is 1. The maximum atomic E-state index is 12.9. The predicted molar refractivity (Wildman–Crippen MR) is 107 cm³/mol. The first-order valence-corrected chi connectivity index (χ1v) is 10.4.